The molecule has 0 aliphatic carbocycles. The van der Waals surface area contributed by atoms with Crippen molar-refractivity contribution in [1.29, 1.82) is 0 Å². The van der Waals surface area contributed by atoms with Gasteiger partial charge >= 0.3 is 0 Å². The van der Waals surface area contributed by atoms with E-state index < -0.39 is 0 Å². The Labute approximate surface area is 117 Å². The van der Waals surface area contributed by atoms with E-state index in [4.69, 9.17) is 23.2 Å². The minimum absolute atomic E-state index is 0.0195. The molecule has 0 aliphatic heterocycles. The third-order valence-corrected chi connectivity index (χ3v) is 3.44. The number of aromatic nitrogens is 2. The normalized spacial score (nSPS) is 12.6. The SMILES string of the molecule is Cn1ccnc1CCC(NN)c1ccc(Cl)cc1N. The van der Waals surface area contributed by atoms with E-state index in [0.717, 1.165) is 24.2 Å². The Hall–Kier alpha value is -1.56. The van der Waals surface area contributed by atoms with Crippen molar-refractivity contribution in [3.05, 3.63) is 47.0 Å². The summed E-state index contributed by atoms with van der Waals surface area (Å²) in [6.45, 7) is 0. The van der Waals surface area contributed by atoms with Gasteiger partial charge in [-0.25, -0.2) is 4.98 Å². The van der Waals surface area contributed by atoms with Crippen LogP contribution in [0.5, 0.6) is 0 Å². The van der Waals surface area contributed by atoms with Gasteiger partial charge in [-0.3, -0.25) is 11.3 Å². The Morgan fingerprint density at radius 2 is 2.26 bits per heavy atom. The first-order valence-electron chi connectivity index (χ1n) is 6.09. The van der Waals surface area contributed by atoms with E-state index in [9.17, 15) is 0 Å². The maximum absolute atomic E-state index is 5.98. The molecule has 1 aromatic heterocycles. The number of halogens is 1. The van der Waals surface area contributed by atoms with Crippen LogP contribution in [0.3, 0.4) is 0 Å². The lowest BCUT2D eigenvalue weighted by atomic mass is 10.0. The summed E-state index contributed by atoms with van der Waals surface area (Å²) < 4.78 is 2.00. The van der Waals surface area contributed by atoms with E-state index in [2.05, 4.69) is 10.4 Å². The zero-order valence-corrected chi connectivity index (χ0v) is 11.6. The number of hydrogen-bond acceptors (Lipinski definition) is 4. The minimum atomic E-state index is -0.0195. The number of hydrazine groups is 1. The molecule has 0 saturated carbocycles. The van der Waals surface area contributed by atoms with Crippen molar-refractivity contribution in [2.75, 3.05) is 5.73 Å². The molecule has 0 bridgehead atoms. The molecule has 5 nitrogen and oxygen atoms in total. The largest absolute Gasteiger partial charge is 0.398 e. The fraction of sp³-hybridized carbons (Fsp3) is 0.308. The maximum Gasteiger partial charge on any atom is 0.108 e. The van der Waals surface area contributed by atoms with Crippen molar-refractivity contribution in [2.45, 2.75) is 18.9 Å². The molecular formula is C13H18ClN5. The van der Waals surface area contributed by atoms with Crippen LogP contribution in [-0.4, -0.2) is 9.55 Å². The van der Waals surface area contributed by atoms with E-state index in [0.29, 0.717) is 10.7 Å². The van der Waals surface area contributed by atoms with Crippen molar-refractivity contribution in [1.82, 2.24) is 15.0 Å². The van der Waals surface area contributed by atoms with E-state index in [1.165, 1.54) is 0 Å². The number of nitrogen functional groups attached to an aromatic ring is 1. The molecule has 2 aromatic rings. The number of benzene rings is 1. The van der Waals surface area contributed by atoms with Gasteiger partial charge < -0.3 is 10.3 Å². The fourth-order valence-corrected chi connectivity index (χ4v) is 2.28. The lowest BCUT2D eigenvalue weighted by molar-refractivity contribution is 0.507. The summed E-state index contributed by atoms with van der Waals surface area (Å²) in [5.41, 5.74) is 10.4. The summed E-state index contributed by atoms with van der Waals surface area (Å²) in [5.74, 6) is 6.64. The average molecular weight is 280 g/mol. The Balaban J connectivity index is 2.10. The number of anilines is 1. The third kappa shape index (κ3) is 3.26. The molecular weight excluding hydrogens is 262 g/mol. The van der Waals surface area contributed by atoms with Crippen molar-refractivity contribution < 1.29 is 0 Å². The molecule has 1 aromatic carbocycles. The lowest BCUT2D eigenvalue weighted by Gasteiger charge is -2.18. The van der Waals surface area contributed by atoms with Gasteiger partial charge in [0.15, 0.2) is 0 Å². The predicted octanol–water partition coefficient (Wildman–Crippen LogP) is 1.79. The maximum atomic E-state index is 5.98. The van der Waals surface area contributed by atoms with Gasteiger partial charge in [-0.15, -0.1) is 0 Å². The third-order valence-electron chi connectivity index (χ3n) is 3.20. The molecule has 1 heterocycles. The highest BCUT2D eigenvalue weighted by Crippen LogP contribution is 2.26. The standard InChI is InChI=1S/C13H18ClN5/c1-19-7-6-17-13(19)5-4-12(18-16)10-3-2-9(14)8-11(10)15/h2-3,6-8,12,18H,4-5,15-16H2,1H3. The number of rotatable bonds is 5. The molecule has 6 heteroatoms. The van der Waals surface area contributed by atoms with Crippen molar-refractivity contribution in [2.24, 2.45) is 12.9 Å². The second-order valence-corrected chi connectivity index (χ2v) is 4.92. The monoisotopic (exact) mass is 279 g/mol. The summed E-state index contributed by atoms with van der Waals surface area (Å²) in [5, 5.41) is 0.626. The van der Waals surface area contributed by atoms with Crippen molar-refractivity contribution in [3.8, 4) is 0 Å². The highest BCUT2D eigenvalue weighted by Gasteiger charge is 2.14. The van der Waals surface area contributed by atoms with Crippen LogP contribution in [0.4, 0.5) is 5.69 Å². The number of aryl methyl sites for hydroxylation is 2. The lowest BCUT2D eigenvalue weighted by Crippen LogP contribution is -2.29. The van der Waals surface area contributed by atoms with E-state index in [1.54, 1.807) is 12.3 Å². The van der Waals surface area contributed by atoms with Crippen LogP contribution >= 0.6 is 11.6 Å². The van der Waals surface area contributed by atoms with Crippen LogP contribution in [0.1, 0.15) is 23.9 Å². The van der Waals surface area contributed by atoms with Gasteiger partial charge in [0.25, 0.3) is 0 Å². The summed E-state index contributed by atoms with van der Waals surface area (Å²) in [7, 11) is 1.98. The number of nitrogens with one attached hydrogen (secondary N) is 1. The van der Waals surface area contributed by atoms with Crippen molar-refractivity contribution >= 4 is 17.3 Å². The van der Waals surface area contributed by atoms with E-state index in [-0.39, 0.29) is 6.04 Å². The second-order valence-electron chi connectivity index (χ2n) is 4.49. The molecule has 102 valence electrons. The predicted molar refractivity (Wildman–Crippen MR) is 77.5 cm³/mol. The molecule has 0 saturated heterocycles. The molecule has 0 spiro atoms. The Bertz CT molecular complexity index is 552. The van der Waals surface area contributed by atoms with Gasteiger partial charge in [-0.05, 0) is 24.1 Å². The molecule has 0 fully saturated rings. The zero-order chi connectivity index (χ0) is 13.8. The van der Waals surface area contributed by atoms with Gasteiger partial charge in [0.2, 0.25) is 0 Å². The molecule has 5 N–H and O–H groups in total. The van der Waals surface area contributed by atoms with Crippen LogP contribution in [0.2, 0.25) is 5.02 Å². The molecule has 1 unspecified atom stereocenters. The van der Waals surface area contributed by atoms with E-state index >= 15 is 0 Å². The van der Waals surface area contributed by atoms with Gasteiger partial charge in [0, 0.05) is 42.6 Å². The van der Waals surface area contributed by atoms with Crippen LogP contribution in [-0.2, 0) is 13.5 Å². The smallest absolute Gasteiger partial charge is 0.108 e. The average Bonchev–Trinajstić information content (AvgIpc) is 2.78. The van der Waals surface area contributed by atoms with Crippen LogP contribution in [0.25, 0.3) is 0 Å². The highest BCUT2D eigenvalue weighted by molar-refractivity contribution is 6.30. The van der Waals surface area contributed by atoms with Crippen LogP contribution in [0.15, 0.2) is 30.6 Å². The zero-order valence-electron chi connectivity index (χ0n) is 10.8. The summed E-state index contributed by atoms with van der Waals surface area (Å²) in [6.07, 6.45) is 5.35. The minimum Gasteiger partial charge on any atom is -0.398 e. The number of imidazole rings is 1. The van der Waals surface area contributed by atoms with Crippen LogP contribution < -0.4 is 17.0 Å². The molecule has 0 radical (unpaired) electrons. The number of hydrogen-bond donors (Lipinski definition) is 3. The Morgan fingerprint density at radius 1 is 1.47 bits per heavy atom. The molecule has 2 rings (SSSR count). The van der Waals surface area contributed by atoms with Gasteiger partial charge in [0.1, 0.15) is 5.82 Å². The van der Waals surface area contributed by atoms with Crippen LogP contribution in [0, 0.1) is 0 Å². The first kappa shape index (κ1) is 13.9. The topological polar surface area (TPSA) is 81.9 Å². The first-order valence-corrected chi connectivity index (χ1v) is 6.47. The van der Waals surface area contributed by atoms with Gasteiger partial charge in [0.05, 0.1) is 0 Å². The summed E-state index contributed by atoms with van der Waals surface area (Å²) in [4.78, 5) is 4.29. The Morgan fingerprint density at radius 3 is 2.84 bits per heavy atom. The molecule has 19 heavy (non-hydrogen) atoms. The number of nitrogens with two attached hydrogens (primary N) is 2. The van der Waals surface area contributed by atoms with Gasteiger partial charge in [-0.2, -0.15) is 0 Å². The fourth-order valence-electron chi connectivity index (χ4n) is 2.10. The highest BCUT2D eigenvalue weighted by atomic mass is 35.5. The second kappa shape index (κ2) is 6.06. The summed E-state index contributed by atoms with van der Waals surface area (Å²) in [6, 6.07) is 5.44. The van der Waals surface area contributed by atoms with Crippen molar-refractivity contribution in [3.63, 3.8) is 0 Å². The molecule has 0 amide bonds. The quantitative estimate of drug-likeness (QED) is 0.443. The first-order chi connectivity index (χ1) is 9.11. The van der Waals surface area contributed by atoms with Gasteiger partial charge in [-0.1, -0.05) is 17.7 Å². The molecule has 1 atom stereocenters. The number of nitrogens with zero attached hydrogens (tertiary/aromatic N) is 2. The Kier molecular flexibility index (Phi) is 4.42. The van der Waals surface area contributed by atoms with E-state index in [1.807, 2.05) is 29.9 Å². The summed E-state index contributed by atoms with van der Waals surface area (Å²) >= 11 is 5.90. The molecule has 0 aliphatic rings.